The zero-order valence-corrected chi connectivity index (χ0v) is 20.8. The summed E-state index contributed by atoms with van der Waals surface area (Å²) in [5.41, 5.74) is 4.56. The summed E-state index contributed by atoms with van der Waals surface area (Å²) < 4.78 is 7.51. The third-order valence-electron chi connectivity index (χ3n) is 6.85. The van der Waals surface area contributed by atoms with Crippen LogP contribution in [0, 0.1) is 6.92 Å². The van der Waals surface area contributed by atoms with E-state index in [0.717, 1.165) is 22.0 Å². The van der Waals surface area contributed by atoms with Crippen LogP contribution in [0.3, 0.4) is 0 Å². The van der Waals surface area contributed by atoms with Gasteiger partial charge in [-0.2, -0.15) is 0 Å². The number of hydrogen-bond donors (Lipinski definition) is 1. The van der Waals surface area contributed by atoms with Gasteiger partial charge in [-0.15, -0.1) is 0 Å². The number of amides is 2. The minimum Gasteiger partial charge on any atom is -0.495 e. The summed E-state index contributed by atoms with van der Waals surface area (Å²) in [5, 5.41) is 4.63. The van der Waals surface area contributed by atoms with Gasteiger partial charge in [0.05, 0.1) is 24.8 Å². The summed E-state index contributed by atoms with van der Waals surface area (Å²) in [7, 11) is 5.27. The quantitative estimate of drug-likeness (QED) is 0.401. The molecular weight excluding hydrogens is 462 g/mol. The molecule has 2 atom stereocenters. The highest BCUT2D eigenvalue weighted by molar-refractivity contribution is 6.31. The molecule has 0 spiro atoms. The number of para-hydroxylation sites is 1. The van der Waals surface area contributed by atoms with Gasteiger partial charge in [-0.3, -0.25) is 9.59 Å². The normalized spacial score (nSPS) is 17.4. The smallest absolute Gasteiger partial charge is 0.254 e. The zero-order valence-electron chi connectivity index (χ0n) is 20.0. The number of nitrogens with zero attached hydrogens (tertiary/aromatic N) is 2. The SMILES string of the molecule is COc1cc(Cl)c(C)cc1NC(=O)[C@H]1c2ccccc2C(=O)N(C)[C@H]1c1cn(C)c2ccccc12. The van der Waals surface area contributed by atoms with Crippen LogP contribution in [-0.2, 0) is 11.8 Å². The third kappa shape index (κ3) is 3.74. The lowest BCUT2D eigenvalue weighted by Crippen LogP contribution is -2.44. The van der Waals surface area contributed by atoms with Gasteiger partial charge in [-0.05, 0) is 36.2 Å². The molecule has 7 heteroatoms. The van der Waals surface area contributed by atoms with Crippen molar-refractivity contribution in [2.24, 2.45) is 7.05 Å². The molecule has 0 fully saturated rings. The van der Waals surface area contributed by atoms with E-state index in [2.05, 4.69) is 5.32 Å². The number of methoxy groups -OCH3 is 1. The Bertz CT molecular complexity index is 1480. The predicted molar refractivity (Wildman–Crippen MR) is 138 cm³/mol. The molecule has 0 bridgehead atoms. The van der Waals surface area contributed by atoms with Crippen LogP contribution in [0.15, 0.2) is 66.9 Å². The Balaban J connectivity index is 1.67. The first-order valence-electron chi connectivity index (χ1n) is 11.4. The van der Waals surface area contributed by atoms with Gasteiger partial charge in [0, 0.05) is 53.4 Å². The van der Waals surface area contributed by atoms with Crippen molar-refractivity contribution in [3.05, 3.63) is 94.1 Å². The topological polar surface area (TPSA) is 63.6 Å². The monoisotopic (exact) mass is 487 g/mol. The van der Waals surface area contributed by atoms with Crippen LogP contribution >= 0.6 is 11.6 Å². The maximum atomic E-state index is 14.0. The second kappa shape index (κ2) is 8.78. The summed E-state index contributed by atoms with van der Waals surface area (Å²) in [6.45, 7) is 1.87. The molecule has 1 aliphatic rings. The van der Waals surface area contributed by atoms with E-state index in [9.17, 15) is 9.59 Å². The van der Waals surface area contributed by atoms with Gasteiger partial charge >= 0.3 is 0 Å². The molecule has 0 saturated heterocycles. The fourth-order valence-corrected chi connectivity index (χ4v) is 5.25. The molecule has 0 aliphatic carbocycles. The number of carbonyl (C=O) groups is 2. The van der Waals surface area contributed by atoms with Crippen LogP contribution in [-0.4, -0.2) is 35.4 Å². The molecule has 3 aromatic carbocycles. The van der Waals surface area contributed by atoms with Gasteiger partial charge in [-0.1, -0.05) is 48.0 Å². The van der Waals surface area contributed by atoms with Crippen molar-refractivity contribution in [3.63, 3.8) is 0 Å². The van der Waals surface area contributed by atoms with Gasteiger partial charge in [0.1, 0.15) is 5.75 Å². The van der Waals surface area contributed by atoms with E-state index in [1.807, 2.05) is 67.2 Å². The molecule has 0 unspecified atom stereocenters. The number of aryl methyl sites for hydroxylation is 2. The molecule has 2 heterocycles. The standard InChI is InChI=1S/C28H26ClN3O3/c1-16-13-22(24(35-4)14-21(16)29)30-27(33)25-18-10-5-6-11-19(18)28(34)32(3)26(25)20-15-31(2)23-12-8-7-9-17(20)23/h5-15,25-26H,1-4H3,(H,30,33)/t25-,26-/m0/s1. The van der Waals surface area contributed by atoms with Crippen LogP contribution in [0.2, 0.25) is 5.02 Å². The van der Waals surface area contributed by atoms with Crippen LogP contribution in [0.1, 0.15) is 39.0 Å². The van der Waals surface area contributed by atoms with Gasteiger partial charge in [-0.25, -0.2) is 0 Å². The number of anilines is 1. The summed E-state index contributed by atoms with van der Waals surface area (Å²) >= 11 is 6.27. The number of benzene rings is 3. The summed E-state index contributed by atoms with van der Waals surface area (Å²) in [6.07, 6.45) is 2.01. The van der Waals surface area contributed by atoms with Crippen molar-refractivity contribution in [2.45, 2.75) is 18.9 Å². The Morgan fingerprint density at radius 2 is 1.74 bits per heavy atom. The maximum absolute atomic E-state index is 14.0. The molecule has 5 rings (SSSR count). The fraction of sp³-hybridized carbons (Fsp3) is 0.214. The highest BCUT2D eigenvalue weighted by Crippen LogP contribution is 2.45. The van der Waals surface area contributed by atoms with Crippen LogP contribution < -0.4 is 10.1 Å². The molecular formula is C28H26ClN3O3. The number of halogens is 1. The Kier molecular flexibility index (Phi) is 5.77. The number of hydrogen-bond acceptors (Lipinski definition) is 3. The summed E-state index contributed by atoms with van der Waals surface area (Å²) in [5.74, 6) is -0.498. The van der Waals surface area contributed by atoms with Gasteiger partial charge in [0.2, 0.25) is 5.91 Å². The molecule has 2 amide bonds. The molecule has 6 nitrogen and oxygen atoms in total. The van der Waals surface area contributed by atoms with Gasteiger partial charge in [0.25, 0.3) is 5.91 Å². The second-order valence-corrected chi connectivity index (χ2v) is 9.34. The first-order chi connectivity index (χ1) is 16.8. The lowest BCUT2D eigenvalue weighted by atomic mass is 9.79. The molecule has 4 aromatic rings. The highest BCUT2D eigenvalue weighted by atomic mass is 35.5. The van der Waals surface area contributed by atoms with Crippen molar-refractivity contribution >= 4 is 40.0 Å². The van der Waals surface area contributed by atoms with Crippen molar-refractivity contribution in [2.75, 3.05) is 19.5 Å². The minimum atomic E-state index is -0.639. The number of ether oxygens (including phenoxy) is 1. The first kappa shape index (κ1) is 23.0. The zero-order chi connectivity index (χ0) is 24.9. The Hall–Kier alpha value is -3.77. The molecule has 178 valence electrons. The van der Waals surface area contributed by atoms with E-state index in [1.165, 1.54) is 7.11 Å². The van der Waals surface area contributed by atoms with E-state index in [-0.39, 0.29) is 11.8 Å². The fourth-order valence-electron chi connectivity index (χ4n) is 5.09. The maximum Gasteiger partial charge on any atom is 0.254 e. The van der Waals surface area contributed by atoms with Crippen molar-refractivity contribution < 1.29 is 14.3 Å². The van der Waals surface area contributed by atoms with E-state index < -0.39 is 12.0 Å². The lowest BCUT2D eigenvalue weighted by Gasteiger charge is -2.39. The molecule has 1 N–H and O–H groups in total. The lowest BCUT2D eigenvalue weighted by molar-refractivity contribution is -0.119. The van der Waals surface area contributed by atoms with E-state index in [1.54, 1.807) is 30.1 Å². The Labute approximate surface area is 209 Å². The number of aromatic nitrogens is 1. The van der Waals surface area contributed by atoms with Gasteiger partial charge in [0.15, 0.2) is 0 Å². The molecule has 1 aromatic heterocycles. The Morgan fingerprint density at radius 3 is 2.51 bits per heavy atom. The third-order valence-corrected chi connectivity index (χ3v) is 7.25. The van der Waals surface area contributed by atoms with Crippen LogP contribution in [0.5, 0.6) is 5.75 Å². The average Bonchev–Trinajstić information content (AvgIpc) is 3.19. The molecule has 35 heavy (non-hydrogen) atoms. The van der Waals surface area contributed by atoms with Crippen molar-refractivity contribution in [1.29, 1.82) is 0 Å². The van der Waals surface area contributed by atoms with E-state index >= 15 is 0 Å². The average molecular weight is 488 g/mol. The number of rotatable bonds is 4. The number of carbonyl (C=O) groups excluding carboxylic acids is 2. The van der Waals surface area contributed by atoms with Crippen LogP contribution in [0.4, 0.5) is 5.69 Å². The predicted octanol–water partition coefficient (Wildman–Crippen LogP) is 5.70. The first-order valence-corrected chi connectivity index (χ1v) is 11.7. The van der Waals surface area contributed by atoms with Gasteiger partial charge < -0.3 is 19.5 Å². The van der Waals surface area contributed by atoms with Crippen LogP contribution in [0.25, 0.3) is 10.9 Å². The summed E-state index contributed by atoms with van der Waals surface area (Å²) in [4.78, 5) is 29.1. The highest BCUT2D eigenvalue weighted by Gasteiger charge is 2.43. The second-order valence-electron chi connectivity index (χ2n) is 8.93. The number of fused-ring (bicyclic) bond motifs is 2. The number of nitrogens with one attached hydrogen (secondary N) is 1. The largest absolute Gasteiger partial charge is 0.495 e. The van der Waals surface area contributed by atoms with Crippen molar-refractivity contribution in [3.8, 4) is 5.75 Å². The van der Waals surface area contributed by atoms with E-state index in [0.29, 0.717) is 27.6 Å². The summed E-state index contributed by atoms with van der Waals surface area (Å²) in [6, 6.07) is 18.4. The minimum absolute atomic E-state index is 0.109. The Morgan fingerprint density at radius 1 is 1.03 bits per heavy atom. The number of likely N-dealkylation sites (N-methyl/N-ethyl adjacent to an activating group) is 1. The van der Waals surface area contributed by atoms with E-state index in [4.69, 9.17) is 16.3 Å². The molecule has 0 radical (unpaired) electrons. The molecule has 0 saturated carbocycles. The molecule has 1 aliphatic heterocycles. The van der Waals surface area contributed by atoms with Crippen molar-refractivity contribution in [1.82, 2.24) is 9.47 Å².